The lowest BCUT2D eigenvalue weighted by Gasteiger charge is -2.35. The molecule has 2 saturated carbocycles. The second-order valence-corrected chi connectivity index (χ2v) is 6.32. The average Bonchev–Trinajstić information content (AvgIpc) is 3.15. The van der Waals surface area contributed by atoms with Crippen LogP contribution in [0.25, 0.3) is 11.0 Å². The minimum Gasteiger partial charge on any atom is -0.478 e. The van der Waals surface area contributed by atoms with Crippen molar-refractivity contribution in [3.05, 3.63) is 29.6 Å². The zero-order valence-corrected chi connectivity index (χ0v) is 11.5. The van der Waals surface area contributed by atoms with Crippen LogP contribution in [-0.2, 0) is 0 Å². The van der Waals surface area contributed by atoms with Crippen molar-refractivity contribution < 1.29 is 9.90 Å². The molecule has 20 heavy (non-hydrogen) atoms. The van der Waals surface area contributed by atoms with E-state index in [1.807, 2.05) is 6.07 Å². The van der Waals surface area contributed by atoms with Crippen molar-refractivity contribution in [1.82, 2.24) is 9.55 Å². The average molecular weight is 270 g/mol. The van der Waals surface area contributed by atoms with Gasteiger partial charge < -0.3 is 9.67 Å². The van der Waals surface area contributed by atoms with Crippen LogP contribution >= 0.6 is 0 Å². The maximum Gasteiger partial charge on any atom is 0.337 e. The largest absolute Gasteiger partial charge is 0.478 e. The third-order valence-corrected chi connectivity index (χ3v) is 4.62. The molecule has 2 fully saturated rings. The fraction of sp³-hybridized carbons (Fsp3) is 0.500. The van der Waals surface area contributed by atoms with Crippen LogP contribution < -0.4 is 0 Å². The quantitative estimate of drug-likeness (QED) is 0.927. The summed E-state index contributed by atoms with van der Waals surface area (Å²) in [6.07, 6.45) is 4.65. The Hall–Kier alpha value is -1.84. The van der Waals surface area contributed by atoms with Gasteiger partial charge in [0, 0.05) is 12.0 Å². The van der Waals surface area contributed by atoms with E-state index in [1.165, 1.54) is 12.8 Å². The third kappa shape index (κ3) is 1.67. The Morgan fingerprint density at radius 1 is 1.35 bits per heavy atom. The van der Waals surface area contributed by atoms with Gasteiger partial charge in [0.1, 0.15) is 5.82 Å². The lowest BCUT2D eigenvalue weighted by Crippen LogP contribution is -2.26. The van der Waals surface area contributed by atoms with Gasteiger partial charge in [0.05, 0.1) is 16.6 Å². The number of rotatable bonds is 3. The fourth-order valence-corrected chi connectivity index (χ4v) is 3.41. The summed E-state index contributed by atoms with van der Waals surface area (Å²) in [4.78, 5) is 16.3. The van der Waals surface area contributed by atoms with Crippen LogP contribution in [0.3, 0.4) is 0 Å². The van der Waals surface area contributed by atoms with Crippen LogP contribution in [0.1, 0.15) is 60.7 Å². The molecule has 4 heteroatoms. The Balaban J connectivity index is 1.96. The van der Waals surface area contributed by atoms with Crippen molar-refractivity contribution in [1.29, 1.82) is 0 Å². The Morgan fingerprint density at radius 2 is 2.10 bits per heavy atom. The molecule has 1 N–H and O–H groups in total. The first-order valence-corrected chi connectivity index (χ1v) is 7.39. The molecule has 2 aliphatic rings. The first-order valence-electron chi connectivity index (χ1n) is 7.39. The summed E-state index contributed by atoms with van der Waals surface area (Å²) in [6.45, 7) is 2.25. The number of carboxylic acid groups (broad SMARTS) is 1. The number of carbonyl (C=O) groups is 1. The van der Waals surface area contributed by atoms with Gasteiger partial charge in [-0.25, -0.2) is 9.78 Å². The van der Waals surface area contributed by atoms with Crippen molar-refractivity contribution in [2.24, 2.45) is 5.92 Å². The maximum atomic E-state index is 11.5. The van der Waals surface area contributed by atoms with Crippen molar-refractivity contribution >= 4 is 17.0 Å². The van der Waals surface area contributed by atoms with Crippen molar-refractivity contribution in [2.45, 2.75) is 44.6 Å². The third-order valence-electron chi connectivity index (χ3n) is 4.62. The van der Waals surface area contributed by atoms with Crippen molar-refractivity contribution in [3.63, 3.8) is 0 Å². The highest BCUT2D eigenvalue weighted by molar-refractivity contribution is 6.01. The summed E-state index contributed by atoms with van der Waals surface area (Å²) >= 11 is 0. The molecule has 0 saturated heterocycles. The minimum absolute atomic E-state index is 0.390. The number of nitrogens with zero attached hydrogens (tertiary/aromatic N) is 2. The molecule has 0 amide bonds. The number of aromatic nitrogens is 2. The van der Waals surface area contributed by atoms with E-state index in [1.54, 1.807) is 12.1 Å². The predicted octanol–water partition coefficient (Wildman–Crippen LogP) is 3.58. The zero-order chi connectivity index (χ0) is 13.9. The van der Waals surface area contributed by atoms with Gasteiger partial charge in [-0.15, -0.1) is 0 Å². The fourth-order valence-electron chi connectivity index (χ4n) is 3.41. The van der Waals surface area contributed by atoms with Crippen LogP contribution in [0.2, 0.25) is 0 Å². The molecule has 1 heterocycles. The van der Waals surface area contributed by atoms with Crippen LogP contribution in [0.5, 0.6) is 0 Å². The van der Waals surface area contributed by atoms with Gasteiger partial charge in [-0.05, 0) is 43.7 Å². The predicted molar refractivity (Wildman–Crippen MR) is 76.1 cm³/mol. The molecule has 0 unspecified atom stereocenters. The molecule has 0 bridgehead atoms. The number of imidazole rings is 1. The number of hydrogen-bond acceptors (Lipinski definition) is 2. The van der Waals surface area contributed by atoms with E-state index in [0.29, 0.717) is 17.5 Å². The van der Waals surface area contributed by atoms with Gasteiger partial charge in [0.15, 0.2) is 0 Å². The molecule has 4 nitrogen and oxygen atoms in total. The van der Waals surface area contributed by atoms with Crippen LogP contribution in [0, 0.1) is 5.92 Å². The lowest BCUT2D eigenvalue weighted by molar-refractivity contribution is 0.0698. The second kappa shape index (κ2) is 4.08. The maximum absolute atomic E-state index is 11.5. The number of fused-ring (bicyclic) bond motifs is 1. The number of carboxylic acids is 1. The molecular formula is C16H18N2O2. The molecule has 0 aliphatic heterocycles. The summed E-state index contributed by atoms with van der Waals surface area (Å²) in [5.74, 6) is 1.54. The molecular weight excluding hydrogens is 252 g/mol. The highest BCUT2D eigenvalue weighted by Gasteiger charge is 2.36. The van der Waals surface area contributed by atoms with E-state index in [0.717, 1.165) is 35.6 Å². The number of aromatic carboxylic acids is 1. The molecule has 0 spiro atoms. The normalized spacial score (nSPS) is 25.6. The Kier molecular flexibility index (Phi) is 2.43. The zero-order valence-electron chi connectivity index (χ0n) is 11.5. The molecule has 1 aromatic heterocycles. The number of hydrogen-bond donors (Lipinski definition) is 1. The van der Waals surface area contributed by atoms with E-state index in [9.17, 15) is 9.90 Å². The van der Waals surface area contributed by atoms with Gasteiger partial charge in [-0.3, -0.25) is 0 Å². The van der Waals surface area contributed by atoms with Crippen LogP contribution in [0.15, 0.2) is 18.2 Å². The summed E-state index contributed by atoms with van der Waals surface area (Å²) in [6, 6.07) is 5.86. The van der Waals surface area contributed by atoms with Gasteiger partial charge >= 0.3 is 5.97 Å². The molecule has 4 rings (SSSR count). The molecule has 1 aromatic carbocycles. The first-order chi connectivity index (χ1) is 9.65. The molecule has 0 radical (unpaired) electrons. The van der Waals surface area contributed by atoms with Gasteiger partial charge in [0.25, 0.3) is 0 Å². The monoisotopic (exact) mass is 270 g/mol. The molecule has 104 valence electrons. The minimum atomic E-state index is -0.855. The van der Waals surface area contributed by atoms with Crippen molar-refractivity contribution in [3.8, 4) is 0 Å². The summed E-state index contributed by atoms with van der Waals surface area (Å²) < 4.78 is 2.25. The summed E-state index contributed by atoms with van der Waals surface area (Å²) in [5, 5.41) is 9.45. The second-order valence-electron chi connectivity index (χ2n) is 6.32. The smallest absolute Gasteiger partial charge is 0.337 e. The Labute approximate surface area is 117 Å². The van der Waals surface area contributed by atoms with Gasteiger partial charge in [-0.1, -0.05) is 13.0 Å². The Morgan fingerprint density at radius 3 is 2.70 bits per heavy atom. The molecule has 2 aromatic rings. The standard InChI is InChI=1S/C16H18N2O2/c1-9-7-11(8-9)18-14-12(16(19)20)3-2-4-13(14)17-15(18)10-5-6-10/h2-4,9-11H,5-8H2,1H3,(H,19,20). The summed E-state index contributed by atoms with van der Waals surface area (Å²) in [5.41, 5.74) is 2.06. The lowest BCUT2D eigenvalue weighted by atomic mass is 9.81. The van der Waals surface area contributed by atoms with E-state index in [4.69, 9.17) is 4.98 Å². The number of para-hydroxylation sites is 1. The summed E-state index contributed by atoms with van der Waals surface area (Å²) in [7, 11) is 0. The highest BCUT2D eigenvalue weighted by atomic mass is 16.4. The molecule has 2 aliphatic carbocycles. The van der Waals surface area contributed by atoms with E-state index in [-0.39, 0.29) is 0 Å². The van der Waals surface area contributed by atoms with Gasteiger partial charge in [-0.2, -0.15) is 0 Å². The van der Waals surface area contributed by atoms with E-state index in [2.05, 4.69) is 11.5 Å². The van der Waals surface area contributed by atoms with Crippen LogP contribution in [0.4, 0.5) is 0 Å². The SMILES string of the molecule is CC1CC(n2c(C3CC3)nc3cccc(C(=O)O)c32)C1. The number of benzene rings is 1. The topological polar surface area (TPSA) is 55.1 Å². The Bertz CT molecular complexity index is 694. The first kappa shape index (κ1) is 11.9. The van der Waals surface area contributed by atoms with E-state index >= 15 is 0 Å². The molecule has 0 atom stereocenters. The highest BCUT2D eigenvalue weighted by Crippen LogP contribution is 2.46. The van der Waals surface area contributed by atoms with Crippen molar-refractivity contribution in [2.75, 3.05) is 0 Å². The van der Waals surface area contributed by atoms with Crippen LogP contribution in [-0.4, -0.2) is 20.6 Å². The van der Waals surface area contributed by atoms with E-state index < -0.39 is 5.97 Å². The van der Waals surface area contributed by atoms with Gasteiger partial charge in [0.2, 0.25) is 0 Å².